The van der Waals surface area contributed by atoms with E-state index in [1.54, 1.807) is 35.5 Å². The second-order valence-corrected chi connectivity index (χ2v) is 7.86. The fraction of sp³-hybridized carbons (Fsp3) is 0.160. The molecule has 5 rings (SSSR count). The number of carbonyl (C=O) groups is 1. The minimum atomic E-state index is -4.59. The van der Waals surface area contributed by atoms with Gasteiger partial charge in [-0.25, -0.2) is 0 Å². The molecule has 0 radical (unpaired) electrons. The van der Waals surface area contributed by atoms with Crippen LogP contribution in [0.2, 0.25) is 0 Å². The summed E-state index contributed by atoms with van der Waals surface area (Å²) in [5.41, 5.74) is 2.89. The molecule has 0 atom stereocenters. The zero-order valence-corrected chi connectivity index (χ0v) is 17.7. The highest BCUT2D eigenvalue weighted by Crippen LogP contribution is 2.40. The van der Waals surface area contributed by atoms with Crippen molar-refractivity contribution in [3.8, 4) is 22.3 Å². The fourth-order valence-corrected chi connectivity index (χ4v) is 4.37. The van der Waals surface area contributed by atoms with E-state index < -0.39 is 11.9 Å². The molecular formula is C25H19F3N4O. The molecule has 0 aliphatic carbocycles. The van der Waals surface area contributed by atoms with Crippen molar-refractivity contribution in [2.75, 3.05) is 11.4 Å². The Morgan fingerprint density at radius 3 is 2.42 bits per heavy atom. The summed E-state index contributed by atoms with van der Waals surface area (Å²) >= 11 is 0. The summed E-state index contributed by atoms with van der Waals surface area (Å²) in [5.74, 6) is -0.263. The lowest BCUT2D eigenvalue weighted by Gasteiger charge is -2.31. The van der Waals surface area contributed by atoms with Gasteiger partial charge in [0.1, 0.15) is 0 Å². The lowest BCUT2D eigenvalue weighted by molar-refractivity contribution is -0.140. The minimum Gasteiger partial charge on any atom is -0.306 e. The van der Waals surface area contributed by atoms with Crippen LogP contribution in [0.15, 0.2) is 73.2 Å². The van der Waals surface area contributed by atoms with Gasteiger partial charge in [0.05, 0.1) is 11.9 Å². The lowest BCUT2D eigenvalue weighted by Crippen LogP contribution is -2.38. The zero-order chi connectivity index (χ0) is 23.2. The van der Waals surface area contributed by atoms with Gasteiger partial charge in [0.25, 0.3) is 5.91 Å². The molecule has 8 heteroatoms. The summed E-state index contributed by atoms with van der Waals surface area (Å²) in [7, 11) is 1.45. The average Bonchev–Trinajstić information content (AvgIpc) is 3.22. The van der Waals surface area contributed by atoms with Gasteiger partial charge >= 0.3 is 6.18 Å². The molecule has 5 nitrogen and oxygen atoms in total. The van der Waals surface area contributed by atoms with Crippen LogP contribution in [0.4, 0.5) is 18.9 Å². The van der Waals surface area contributed by atoms with Crippen molar-refractivity contribution < 1.29 is 18.0 Å². The zero-order valence-electron chi connectivity index (χ0n) is 17.7. The molecule has 1 aliphatic heterocycles. The molecule has 0 bridgehead atoms. The van der Waals surface area contributed by atoms with Gasteiger partial charge in [-0.05, 0) is 35.2 Å². The Morgan fingerprint density at radius 1 is 0.909 bits per heavy atom. The molecule has 0 fully saturated rings. The lowest BCUT2D eigenvalue weighted by atomic mass is 9.89. The van der Waals surface area contributed by atoms with E-state index in [1.165, 1.54) is 13.2 Å². The molecule has 4 aromatic rings. The molecule has 0 N–H and O–H groups in total. The summed E-state index contributed by atoms with van der Waals surface area (Å²) in [4.78, 5) is 19.4. The van der Waals surface area contributed by atoms with Gasteiger partial charge in [-0.1, -0.05) is 42.5 Å². The van der Waals surface area contributed by atoms with Gasteiger partial charge in [-0.2, -0.15) is 18.3 Å². The third-order valence-corrected chi connectivity index (χ3v) is 5.80. The number of aromatic nitrogens is 3. The highest BCUT2D eigenvalue weighted by atomic mass is 19.4. The minimum absolute atomic E-state index is 0.0190. The fourth-order valence-electron chi connectivity index (χ4n) is 4.37. The molecule has 0 saturated heterocycles. The van der Waals surface area contributed by atoms with Crippen molar-refractivity contribution >= 4 is 11.6 Å². The summed E-state index contributed by atoms with van der Waals surface area (Å²) in [6, 6.07) is 16.4. The van der Waals surface area contributed by atoms with Gasteiger partial charge in [-0.3, -0.25) is 14.5 Å². The number of aryl methyl sites for hydroxylation is 1. The monoisotopic (exact) mass is 448 g/mol. The van der Waals surface area contributed by atoms with E-state index in [-0.39, 0.29) is 11.5 Å². The van der Waals surface area contributed by atoms with Gasteiger partial charge in [0.15, 0.2) is 5.69 Å². The van der Waals surface area contributed by atoms with Crippen LogP contribution in [0.1, 0.15) is 21.6 Å². The first-order valence-corrected chi connectivity index (χ1v) is 10.4. The van der Waals surface area contributed by atoms with E-state index in [4.69, 9.17) is 0 Å². The van der Waals surface area contributed by atoms with Crippen LogP contribution in [0, 0.1) is 0 Å². The first kappa shape index (κ1) is 20.9. The van der Waals surface area contributed by atoms with Crippen molar-refractivity contribution in [2.24, 2.45) is 7.05 Å². The Morgan fingerprint density at radius 2 is 1.67 bits per heavy atom. The Kier molecular flexibility index (Phi) is 5.00. The predicted octanol–water partition coefficient (Wildman–Crippen LogP) is 5.37. The third-order valence-electron chi connectivity index (χ3n) is 5.80. The normalized spacial score (nSPS) is 13.8. The van der Waals surface area contributed by atoms with E-state index in [9.17, 15) is 18.0 Å². The van der Waals surface area contributed by atoms with Crippen LogP contribution in [-0.2, 0) is 19.6 Å². The van der Waals surface area contributed by atoms with Crippen LogP contribution in [-0.4, -0.2) is 27.2 Å². The molecule has 2 aromatic carbocycles. The number of rotatable bonds is 3. The molecule has 0 unspecified atom stereocenters. The Hall–Kier alpha value is -3.94. The SMILES string of the molecule is Cn1cc(-c2cccc3c2CCN(c2cnccc2-c2ccccc2)C3=O)c(C(F)(F)F)n1. The predicted molar refractivity (Wildman–Crippen MR) is 119 cm³/mol. The van der Waals surface area contributed by atoms with Crippen molar-refractivity contribution in [2.45, 2.75) is 12.6 Å². The molecule has 3 heterocycles. The summed E-state index contributed by atoms with van der Waals surface area (Å²) in [5, 5.41) is 3.62. The number of hydrogen-bond donors (Lipinski definition) is 0. The largest absolute Gasteiger partial charge is 0.435 e. The molecular weight excluding hydrogens is 429 g/mol. The number of pyridine rings is 1. The average molecular weight is 448 g/mol. The number of halogens is 3. The van der Waals surface area contributed by atoms with Crippen LogP contribution in [0.3, 0.4) is 0 Å². The molecule has 2 aromatic heterocycles. The van der Waals surface area contributed by atoms with Crippen molar-refractivity contribution in [3.63, 3.8) is 0 Å². The van der Waals surface area contributed by atoms with Crippen molar-refractivity contribution in [3.05, 3.63) is 90.0 Å². The van der Waals surface area contributed by atoms with Crippen LogP contribution >= 0.6 is 0 Å². The smallest absolute Gasteiger partial charge is 0.306 e. The topological polar surface area (TPSA) is 51.0 Å². The van der Waals surface area contributed by atoms with Gasteiger partial charge in [-0.15, -0.1) is 0 Å². The van der Waals surface area contributed by atoms with Gasteiger partial charge < -0.3 is 4.90 Å². The van der Waals surface area contributed by atoms with Crippen LogP contribution in [0.25, 0.3) is 22.3 Å². The number of benzene rings is 2. The third kappa shape index (κ3) is 3.67. The molecule has 1 amide bonds. The number of amides is 1. The number of hydrogen-bond acceptors (Lipinski definition) is 3. The van der Waals surface area contributed by atoms with Crippen molar-refractivity contribution in [1.29, 1.82) is 0 Å². The second kappa shape index (κ2) is 7.88. The highest BCUT2D eigenvalue weighted by Gasteiger charge is 2.38. The van der Waals surface area contributed by atoms with E-state index >= 15 is 0 Å². The first-order valence-electron chi connectivity index (χ1n) is 10.4. The number of anilines is 1. The molecule has 1 aliphatic rings. The Balaban J connectivity index is 1.59. The standard InChI is InChI=1S/C25H19F3N4O/c1-31-15-21(23(30-31)25(26,27)28)18-8-5-9-20-19(18)11-13-32(24(20)33)22-14-29-12-10-17(22)16-6-3-2-4-7-16/h2-10,12,14-15H,11,13H2,1H3. The maximum atomic E-state index is 13.6. The maximum absolute atomic E-state index is 13.6. The van der Waals surface area contributed by atoms with E-state index in [1.807, 2.05) is 36.4 Å². The summed E-state index contributed by atoms with van der Waals surface area (Å²) < 4.78 is 41.9. The van der Waals surface area contributed by atoms with E-state index in [2.05, 4.69) is 10.1 Å². The summed E-state index contributed by atoms with van der Waals surface area (Å²) in [6.45, 7) is 0.329. The highest BCUT2D eigenvalue weighted by molar-refractivity contribution is 6.10. The number of fused-ring (bicyclic) bond motifs is 1. The Labute approximate surface area is 188 Å². The van der Waals surface area contributed by atoms with E-state index in [0.29, 0.717) is 35.3 Å². The molecule has 0 saturated carbocycles. The quantitative estimate of drug-likeness (QED) is 0.423. The van der Waals surface area contributed by atoms with Crippen LogP contribution < -0.4 is 4.90 Å². The molecule has 33 heavy (non-hydrogen) atoms. The summed E-state index contributed by atoms with van der Waals surface area (Å²) in [6.07, 6.45) is 0.492. The van der Waals surface area contributed by atoms with Crippen molar-refractivity contribution in [1.82, 2.24) is 14.8 Å². The van der Waals surface area contributed by atoms with E-state index in [0.717, 1.165) is 15.8 Å². The molecule has 0 spiro atoms. The van der Waals surface area contributed by atoms with Crippen LogP contribution in [0.5, 0.6) is 0 Å². The molecule has 166 valence electrons. The maximum Gasteiger partial charge on any atom is 0.435 e. The number of carbonyl (C=O) groups excluding carboxylic acids is 1. The van der Waals surface area contributed by atoms with Gasteiger partial charge in [0.2, 0.25) is 0 Å². The Bertz CT molecular complexity index is 1350. The number of nitrogens with zero attached hydrogens (tertiary/aromatic N) is 4. The van der Waals surface area contributed by atoms with Gasteiger partial charge in [0, 0.05) is 42.7 Å². The second-order valence-electron chi connectivity index (χ2n) is 7.86. The first-order chi connectivity index (χ1) is 15.8. The number of alkyl halides is 3.